The predicted octanol–water partition coefficient (Wildman–Crippen LogP) is 3.68. The number of aromatic nitrogens is 2. The zero-order valence-corrected chi connectivity index (χ0v) is 17.8. The van der Waals surface area contributed by atoms with E-state index in [1.54, 1.807) is 11.6 Å². The Labute approximate surface area is 180 Å². The second-order valence-corrected chi connectivity index (χ2v) is 8.61. The molecular formula is C21H24Cl2N4O2. The monoisotopic (exact) mass is 434 g/mol. The molecular weight excluding hydrogens is 411 g/mol. The van der Waals surface area contributed by atoms with Crippen molar-refractivity contribution in [3.8, 4) is 0 Å². The summed E-state index contributed by atoms with van der Waals surface area (Å²) >= 11 is 12.7. The van der Waals surface area contributed by atoms with Gasteiger partial charge in [-0.25, -0.2) is 4.68 Å². The summed E-state index contributed by atoms with van der Waals surface area (Å²) in [5.41, 5.74) is 1.87. The summed E-state index contributed by atoms with van der Waals surface area (Å²) in [5.74, 6) is 0.297. The summed E-state index contributed by atoms with van der Waals surface area (Å²) in [4.78, 5) is 27.0. The van der Waals surface area contributed by atoms with Gasteiger partial charge in [-0.3, -0.25) is 9.59 Å². The Morgan fingerprint density at radius 2 is 1.83 bits per heavy atom. The molecule has 4 rings (SSSR count). The molecule has 1 aliphatic heterocycles. The molecule has 1 aromatic heterocycles. The highest BCUT2D eigenvalue weighted by molar-refractivity contribution is 6.33. The molecule has 1 saturated carbocycles. The summed E-state index contributed by atoms with van der Waals surface area (Å²) in [5, 5.41) is 8.44. The number of hydrogen-bond acceptors (Lipinski definition) is 3. The zero-order chi connectivity index (χ0) is 20.5. The van der Waals surface area contributed by atoms with Gasteiger partial charge in [-0.15, -0.1) is 0 Å². The maximum atomic E-state index is 12.9. The molecule has 29 heavy (non-hydrogen) atoms. The average Bonchev–Trinajstić information content (AvgIpc) is 3.50. The fourth-order valence-corrected chi connectivity index (χ4v) is 4.31. The molecule has 0 radical (unpaired) electrons. The largest absolute Gasteiger partial charge is 0.349 e. The van der Waals surface area contributed by atoms with Gasteiger partial charge in [0.1, 0.15) is 5.15 Å². The van der Waals surface area contributed by atoms with E-state index in [4.69, 9.17) is 23.2 Å². The van der Waals surface area contributed by atoms with Crippen molar-refractivity contribution < 1.29 is 9.59 Å². The van der Waals surface area contributed by atoms with Crippen LogP contribution in [0.2, 0.25) is 10.2 Å². The molecule has 0 unspecified atom stereocenters. The Kier molecular flexibility index (Phi) is 5.83. The molecule has 8 heteroatoms. The predicted molar refractivity (Wildman–Crippen MR) is 112 cm³/mol. The number of aryl methyl sites for hydroxylation is 1. The van der Waals surface area contributed by atoms with Crippen LogP contribution in [0.4, 0.5) is 0 Å². The number of amides is 2. The van der Waals surface area contributed by atoms with E-state index in [-0.39, 0.29) is 23.8 Å². The zero-order valence-electron chi connectivity index (χ0n) is 16.3. The first-order valence-corrected chi connectivity index (χ1v) is 10.8. The Hall–Kier alpha value is -2.05. The lowest BCUT2D eigenvalue weighted by atomic mass is 10.0. The molecule has 1 saturated heterocycles. The fourth-order valence-electron chi connectivity index (χ4n) is 3.79. The molecule has 2 heterocycles. The van der Waals surface area contributed by atoms with Gasteiger partial charge in [-0.1, -0.05) is 41.4 Å². The van der Waals surface area contributed by atoms with Gasteiger partial charge < -0.3 is 10.2 Å². The lowest BCUT2D eigenvalue weighted by molar-refractivity contribution is -0.133. The standard InChI is InChI=1S/C21H24Cl2N4O2/c1-13-18(19(23)27(25-13)12-15-4-2-3-5-17(15)22)20(28)24-16-8-10-26(11-9-16)21(29)14-6-7-14/h2-5,14,16H,6-12H2,1H3,(H,24,28). The fraction of sp³-hybridized carbons (Fsp3) is 0.476. The van der Waals surface area contributed by atoms with Crippen LogP contribution in [0.25, 0.3) is 0 Å². The van der Waals surface area contributed by atoms with Crippen LogP contribution in [0.3, 0.4) is 0 Å². The number of likely N-dealkylation sites (tertiary alicyclic amines) is 1. The maximum Gasteiger partial charge on any atom is 0.256 e. The molecule has 1 N–H and O–H groups in total. The van der Waals surface area contributed by atoms with E-state index < -0.39 is 0 Å². The van der Waals surface area contributed by atoms with Crippen LogP contribution in [0, 0.1) is 12.8 Å². The second kappa shape index (κ2) is 8.36. The molecule has 2 aliphatic rings. The number of nitrogens with one attached hydrogen (secondary N) is 1. The number of nitrogens with zero attached hydrogens (tertiary/aromatic N) is 3. The van der Waals surface area contributed by atoms with E-state index in [1.165, 1.54) is 0 Å². The summed E-state index contributed by atoms with van der Waals surface area (Å²) in [6.45, 7) is 3.56. The van der Waals surface area contributed by atoms with Crippen molar-refractivity contribution in [3.05, 3.63) is 51.3 Å². The third-order valence-corrected chi connectivity index (χ3v) is 6.39. The van der Waals surface area contributed by atoms with E-state index in [1.807, 2.05) is 29.2 Å². The van der Waals surface area contributed by atoms with Crippen molar-refractivity contribution in [3.63, 3.8) is 0 Å². The minimum atomic E-state index is -0.218. The highest BCUT2D eigenvalue weighted by Gasteiger charge is 2.35. The first-order chi connectivity index (χ1) is 13.9. The van der Waals surface area contributed by atoms with E-state index in [0.717, 1.165) is 31.2 Å². The van der Waals surface area contributed by atoms with E-state index in [0.29, 0.717) is 41.1 Å². The van der Waals surface area contributed by atoms with Gasteiger partial charge in [0.25, 0.3) is 5.91 Å². The smallest absolute Gasteiger partial charge is 0.256 e. The van der Waals surface area contributed by atoms with E-state index in [9.17, 15) is 9.59 Å². The molecule has 1 aromatic carbocycles. The Morgan fingerprint density at radius 3 is 2.48 bits per heavy atom. The van der Waals surface area contributed by atoms with Crippen molar-refractivity contribution in [2.75, 3.05) is 13.1 Å². The Bertz CT molecular complexity index is 931. The molecule has 1 aliphatic carbocycles. The number of benzene rings is 1. The third-order valence-electron chi connectivity index (χ3n) is 5.64. The van der Waals surface area contributed by atoms with Crippen molar-refractivity contribution in [1.29, 1.82) is 0 Å². The van der Waals surface area contributed by atoms with Crippen LogP contribution >= 0.6 is 23.2 Å². The number of halogens is 2. The molecule has 2 amide bonds. The second-order valence-electron chi connectivity index (χ2n) is 7.85. The first-order valence-electron chi connectivity index (χ1n) is 10.00. The van der Waals surface area contributed by atoms with E-state index >= 15 is 0 Å². The summed E-state index contributed by atoms with van der Waals surface area (Å²) < 4.78 is 1.60. The van der Waals surface area contributed by atoms with E-state index in [2.05, 4.69) is 10.4 Å². The van der Waals surface area contributed by atoms with Gasteiger partial charge in [-0.2, -0.15) is 5.10 Å². The van der Waals surface area contributed by atoms with Crippen molar-refractivity contribution >= 4 is 35.0 Å². The van der Waals surface area contributed by atoms with Crippen LogP contribution in [0.15, 0.2) is 24.3 Å². The van der Waals surface area contributed by atoms with Gasteiger partial charge in [0, 0.05) is 30.1 Å². The van der Waals surface area contributed by atoms with Crippen molar-refractivity contribution in [2.24, 2.45) is 5.92 Å². The average molecular weight is 435 g/mol. The molecule has 154 valence electrons. The molecule has 0 spiro atoms. The first kappa shape index (κ1) is 20.2. The molecule has 2 fully saturated rings. The highest BCUT2D eigenvalue weighted by Crippen LogP contribution is 2.32. The summed E-state index contributed by atoms with van der Waals surface area (Å²) in [6, 6.07) is 7.53. The number of piperidine rings is 1. The molecule has 0 bridgehead atoms. The van der Waals surface area contributed by atoms with Crippen LogP contribution in [0.5, 0.6) is 0 Å². The third kappa shape index (κ3) is 4.43. The van der Waals surface area contributed by atoms with Crippen molar-refractivity contribution in [2.45, 2.75) is 45.2 Å². The number of hydrogen-bond donors (Lipinski definition) is 1. The Morgan fingerprint density at radius 1 is 1.14 bits per heavy atom. The number of rotatable bonds is 5. The molecule has 0 atom stereocenters. The minimum absolute atomic E-state index is 0.0353. The van der Waals surface area contributed by atoms with Crippen LogP contribution < -0.4 is 5.32 Å². The summed E-state index contributed by atoms with van der Waals surface area (Å²) in [6.07, 6.45) is 3.56. The molecule has 6 nitrogen and oxygen atoms in total. The quantitative estimate of drug-likeness (QED) is 0.779. The van der Waals surface area contributed by atoms with Gasteiger partial charge >= 0.3 is 0 Å². The van der Waals surface area contributed by atoms with Crippen LogP contribution in [-0.2, 0) is 11.3 Å². The summed E-state index contributed by atoms with van der Waals surface area (Å²) in [7, 11) is 0. The SMILES string of the molecule is Cc1nn(Cc2ccccc2Cl)c(Cl)c1C(=O)NC1CCN(C(=O)C2CC2)CC1. The van der Waals surface area contributed by atoms with Crippen LogP contribution in [-0.4, -0.2) is 45.6 Å². The number of carbonyl (C=O) groups excluding carboxylic acids is 2. The Balaban J connectivity index is 1.39. The minimum Gasteiger partial charge on any atom is -0.349 e. The van der Waals surface area contributed by atoms with Gasteiger partial charge in [-0.05, 0) is 44.2 Å². The normalized spacial score (nSPS) is 17.4. The van der Waals surface area contributed by atoms with Gasteiger partial charge in [0.05, 0.1) is 17.8 Å². The highest BCUT2D eigenvalue weighted by atomic mass is 35.5. The lowest BCUT2D eigenvalue weighted by Crippen LogP contribution is -2.47. The molecule has 2 aromatic rings. The lowest BCUT2D eigenvalue weighted by Gasteiger charge is -2.32. The number of carbonyl (C=O) groups is 2. The van der Waals surface area contributed by atoms with Gasteiger partial charge in [0.15, 0.2) is 0 Å². The topological polar surface area (TPSA) is 67.2 Å². The van der Waals surface area contributed by atoms with Gasteiger partial charge in [0.2, 0.25) is 5.91 Å². The maximum absolute atomic E-state index is 12.9. The van der Waals surface area contributed by atoms with Crippen molar-refractivity contribution in [1.82, 2.24) is 20.0 Å². The van der Waals surface area contributed by atoms with Crippen LogP contribution in [0.1, 0.15) is 47.3 Å².